The average molecular weight is 300 g/mol. The largest absolute Gasteiger partial charge is 0.493 e. The third-order valence-electron chi connectivity index (χ3n) is 2.64. The molecule has 1 unspecified atom stereocenters. The molecule has 0 saturated carbocycles. The number of ether oxygens (including phenoxy) is 2. The van der Waals surface area contributed by atoms with Crippen LogP contribution in [0, 0.1) is 0 Å². The Hall–Kier alpha value is -1.83. The molecule has 1 heterocycles. The Kier molecular flexibility index (Phi) is 4.43. The van der Waals surface area contributed by atoms with Crippen LogP contribution in [-0.2, 0) is 0 Å². The maximum atomic E-state index is 9.54. The molecule has 0 aliphatic rings. The molecular formula is C12H14ClN3O4. The maximum absolute atomic E-state index is 9.54. The van der Waals surface area contributed by atoms with Crippen molar-refractivity contribution in [1.29, 1.82) is 0 Å². The van der Waals surface area contributed by atoms with Crippen molar-refractivity contribution >= 4 is 11.6 Å². The number of halogens is 1. The van der Waals surface area contributed by atoms with Gasteiger partial charge in [0.25, 0.3) is 5.89 Å². The van der Waals surface area contributed by atoms with Crippen LogP contribution in [-0.4, -0.2) is 36.0 Å². The topological polar surface area (TPSA) is 104 Å². The zero-order valence-corrected chi connectivity index (χ0v) is 11.7. The fourth-order valence-corrected chi connectivity index (χ4v) is 1.92. The number of nitrogens with two attached hydrogens (primary N) is 1. The summed E-state index contributed by atoms with van der Waals surface area (Å²) in [6, 6.07) is 3.28. The first-order chi connectivity index (χ1) is 9.60. The zero-order chi connectivity index (χ0) is 14.7. The molecular weight excluding hydrogens is 286 g/mol. The van der Waals surface area contributed by atoms with E-state index in [1.807, 2.05) is 0 Å². The Labute approximate surface area is 120 Å². The van der Waals surface area contributed by atoms with Gasteiger partial charge in [-0.2, -0.15) is 4.98 Å². The number of aromatic nitrogens is 2. The molecule has 0 spiro atoms. The predicted octanol–water partition coefficient (Wildman–Crippen LogP) is 1.40. The molecule has 108 valence electrons. The third kappa shape index (κ3) is 2.69. The van der Waals surface area contributed by atoms with E-state index in [1.165, 1.54) is 14.2 Å². The summed E-state index contributed by atoms with van der Waals surface area (Å²) in [6.07, 6.45) is -0.994. The highest BCUT2D eigenvalue weighted by molar-refractivity contribution is 6.32. The summed E-state index contributed by atoms with van der Waals surface area (Å²) in [5.74, 6) is 1.19. The van der Waals surface area contributed by atoms with Crippen molar-refractivity contribution in [3.63, 3.8) is 0 Å². The number of methoxy groups -OCH3 is 2. The Morgan fingerprint density at radius 2 is 2.15 bits per heavy atom. The highest BCUT2D eigenvalue weighted by atomic mass is 35.5. The second-order valence-electron chi connectivity index (χ2n) is 3.90. The summed E-state index contributed by atoms with van der Waals surface area (Å²) < 4.78 is 15.3. The monoisotopic (exact) mass is 299 g/mol. The van der Waals surface area contributed by atoms with E-state index < -0.39 is 6.10 Å². The van der Waals surface area contributed by atoms with Gasteiger partial charge in [0.1, 0.15) is 6.10 Å². The number of benzene rings is 1. The van der Waals surface area contributed by atoms with Gasteiger partial charge >= 0.3 is 0 Å². The quantitative estimate of drug-likeness (QED) is 0.860. The number of hydrogen-bond donors (Lipinski definition) is 2. The molecule has 1 atom stereocenters. The molecule has 7 nitrogen and oxygen atoms in total. The molecule has 0 fully saturated rings. The van der Waals surface area contributed by atoms with Gasteiger partial charge in [0.2, 0.25) is 5.82 Å². The van der Waals surface area contributed by atoms with Crippen LogP contribution in [0.1, 0.15) is 12.0 Å². The minimum atomic E-state index is -0.994. The van der Waals surface area contributed by atoms with Crippen molar-refractivity contribution in [2.24, 2.45) is 5.73 Å². The summed E-state index contributed by atoms with van der Waals surface area (Å²) in [5.41, 5.74) is 5.90. The smallest absolute Gasteiger partial charge is 0.257 e. The van der Waals surface area contributed by atoms with Gasteiger partial charge in [-0.15, -0.1) is 0 Å². The van der Waals surface area contributed by atoms with E-state index in [1.54, 1.807) is 12.1 Å². The molecule has 0 aliphatic heterocycles. The molecule has 2 aromatic rings. The van der Waals surface area contributed by atoms with Gasteiger partial charge in [0.05, 0.1) is 19.2 Å². The van der Waals surface area contributed by atoms with Crippen molar-refractivity contribution < 1.29 is 19.1 Å². The van der Waals surface area contributed by atoms with E-state index in [0.29, 0.717) is 22.1 Å². The second kappa shape index (κ2) is 6.08. The second-order valence-corrected chi connectivity index (χ2v) is 4.31. The zero-order valence-electron chi connectivity index (χ0n) is 11.0. The van der Waals surface area contributed by atoms with E-state index >= 15 is 0 Å². The maximum Gasteiger partial charge on any atom is 0.257 e. The van der Waals surface area contributed by atoms with Crippen molar-refractivity contribution in [3.05, 3.63) is 23.0 Å². The number of hydrogen-bond acceptors (Lipinski definition) is 7. The Balaban J connectivity index is 2.42. The SMILES string of the molecule is COc1cc(-c2noc(C(O)CN)n2)cc(Cl)c1OC. The van der Waals surface area contributed by atoms with Crippen LogP contribution < -0.4 is 15.2 Å². The van der Waals surface area contributed by atoms with Crippen LogP contribution in [0.3, 0.4) is 0 Å². The summed E-state index contributed by atoms with van der Waals surface area (Å²) >= 11 is 6.10. The molecule has 1 aromatic carbocycles. The normalized spacial score (nSPS) is 12.2. The first-order valence-electron chi connectivity index (χ1n) is 5.74. The van der Waals surface area contributed by atoms with E-state index in [4.69, 9.17) is 31.3 Å². The lowest BCUT2D eigenvalue weighted by atomic mass is 10.2. The molecule has 20 heavy (non-hydrogen) atoms. The van der Waals surface area contributed by atoms with Gasteiger partial charge in [0.15, 0.2) is 11.5 Å². The summed E-state index contributed by atoms with van der Waals surface area (Å²) in [7, 11) is 2.99. The molecule has 0 aliphatic carbocycles. The van der Waals surface area contributed by atoms with Gasteiger partial charge < -0.3 is 24.8 Å². The molecule has 0 saturated heterocycles. The molecule has 8 heteroatoms. The number of rotatable bonds is 5. The van der Waals surface area contributed by atoms with Crippen LogP contribution >= 0.6 is 11.6 Å². The summed E-state index contributed by atoms with van der Waals surface area (Å²) in [4.78, 5) is 4.06. The minimum Gasteiger partial charge on any atom is -0.493 e. The fourth-order valence-electron chi connectivity index (χ4n) is 1.64. The molecule has 0 amide bonds. The molecule has 2 rings (SSSR count). The van der Waals surface area contributed by atoms with E-state index in [0.717, 1.165) is 0 Å². The lowest BCUT2D eigenvalue weighted by molar-refractivity contribution is 0.141. The molecule has 3 N–H and O–H groups in total. The average Bonchev–Trinajstić information content (AvgIpc) is 2.95. The predicted molar refractivity (Wildman–Crippen MR) is 71.9 cm³/mol. The van der Waals surface area contributed by atoms with Crippen molar-refractivity contribution in [3.8, 4) is 22.9 Å². The van der Waals surface area contributed by atoms with Crippen molar-refractivity contribution in [2.45, 2.75) is 6.10 Å². The Morgan fingerprint density at radius 3 is 2.75 bits per heavy atom. The minimum absolute atomic E-state index is 0.00563. The third-order valence-corrected chi connectivity index (χ3v) is 2.92. The van der Waals surface area contributed by atoms with Crippen LogP contribution in [0.2, 0.25) is 5.02 Å². The summed E-state index contributed by atoms with van der Waals surface area (Å²) in [5, 5.41) is 13.7. The van der Waals surface area contributed by atoms with Gasteiger partial charge in [-0.3, -0.25) is 0 Å². The highest BCUT2D eigenvalue weighted by Crippen LogP contribution is 2.38. The van der Waals surface area contributed by atoms with Crippen LogP contribution in [0.25, 0.3) is 11.4 Å². The highest BCUT2D eigenvalue weighted by Gasteiger charge is 2.18. The van der Waals surface area contributed by atoms with E-state index in [2.05, 4.69) is 10.1 Å². The molecule has 0 radical (unpaired) electrons. The number of aliphatic hydroxyl groups excluding tert-OH is 1. The Morgan fingerprint density at radius 1 is 1.40 bits per heavy atom. The Bertz CT molecular complexity index is 602. The van der Waals surface area contributed by atoms with Crippen LogP contribution in [0.4, 0.5) is 0 Å². The lowest BCUT2D eigenvalue weighted by Crippen LogP contribution is -2.11. The first kappa shape index (κ1) is 14.6. The van der Waals surface area contributed by atoms with Crippen molar-refractivity contribution in [1.82, 2.24) is 10.1 Å². The van der Waals surface area contributed by atoms with E-state index in [-0.39, 0.29) is 18.3 Å². The van der Waals surface area contributed by atoms with Crippen LogP contribution in [0.15, 0.2) is 16.7 Å². The van der Waals surface area contributed by atoms with E-state index in [9.17, 15) is 5.11 Å². The van der Waals surface area contributed by atoms with Gasteiger partial charge in [-0.1, -0.05) is 16.8 Å². The van der Waals surface area contributed by atoms with Gasteiger partial charge in [-0.05, 0) is 12.1 Å². The van der Waals surface area contributed by atoms with Gasteiger partial charge in [0, 0.05) is 12.1 Å². The number of aliphatic hydroxyl groups is 1. The lowest BCUT2D eigenvalue weighted by Gasteiger charge is -2.10. The van der Waals surface area contributed by atoms with Gasteiger partial charge in [-0.25, -0.2) is 0 Å². The summed E-state index contributed by atoms with van der Waals surface area (Å²) in [6.45, 7) is -0.00563. The van der Waals surface area contributed by atoms with Crippen LogP contribution in [0.5, 0.6) is 11.5 Å². The fraction of sp³-hybridized carbons (Fsp3) is 0.333. The number of nitrogens with zero attached hydrogens (tertiary/aromatic N) is 2. The molecule has 0 bridgehead atoms. The van der Waals surface area contributed by atoms with Crippen molar-refractivity contribution in [2.75, 3.05) is 20.8 Å². The first-order valence-corrected chi connectivity index (χ1v) is 6.12. The standard InChI is InChI=1S/C12H14ClN3O4/c1-18-9-4-6(3-7(13)10(9)19-2)11-15-12(20-16-11)8(17)5-14/h3-4,8,17H,5,14H2,1-2H3. The molecule has 1 aromatic heterocycles.